The Labute approximate surface area is 91.2 Å². The van der Waals surface area contributed by atoms with E-state index in [1.807, 2.05) is 0 Å². The third-order valence-corrected chi connectivity index (χ3v) is 2.58. The summed E-state index contributed by atoms with van der Waals surface area (Å²) in [5.74, 6) is -1.35. The Bertz CT molecular complexity index is 343. The Morgan fingerprint density at radius 1 is 1.40 bits per heavy atom. The zero-order valence-electron chi connectivity index (χ0n) is 7.90. The van der Waals surface area contributed by atoms with Gasteiger partial charge in [-0.15, -0.1) is 0 Å². The highest BCUT2D eigenvalue weighted by molar-refractivity contribution is 6.33. The highest BCUT2D eigenvalue weighted by Crippen LogP contribution is 2.27. The molecule has 1 atom stereocenters. The topological polar surface area (TPSA) is 21.3 Å². The summed E-state index contributed by atoms with van der Waals surface area (Å²) >= 11 is 5.73. The molecular weight excluding hydrogens is 224 g/mol. The van der Waals surface area contributed by atoms with Crippen molar-refractivity contribution in [1.82, 2.24) is 0 Å². The summed E-state index contributed by atoms with van der Waals surface area (Å²) in [5.41, 5.74) is 0.147. The van der Waals surface area contributed by atoms with Crippen LogP contribution in [0.15, 0.2) is 12.1 Å². The first kappa shape index (κ1) is 10.6. The molecule has 0 radical (unpaired) electrons. The Balaban J connectivity index is 2.19. The van der Waals surface area contributed by atoms with Crippen LogP contribution < -0.4 is 5.32 Å². The van der Waals surface area contributed by atoms with Gasteiger partial charge in [0.1, 0.15) is 5.82 Å². The van der Waals surface area contributed by atoms with Crippen LogP contribution in [0.1, 0.15) is 6.42 Å². The van der Waals surface area contributed by atoms with Crippen LogP contribution in [0, 0.1) is 11.6 Å². The molecule has 1 heterocycles. The van der Waals surface area contributed by atoms with Crippen LogP contribution in [-0.2, 0) is 4.74 Å². The predicted molar refractivity (Wildman–Crippen MR) is 54.2 cm³/mol. The molecule has 1 N–H and O–H groups in total. The van der Waals surface area contributed by atoms with Crippen molar-refractivity contribution in [1.29, 1.82) is 0 Å². The molecule has 1 aliphatic rings. The van der Waals surface area contributed by atoms with E-state index in [2.05, 4.69) is 5.32 Å². The molecule has 0 amide bonds. The van der Waals surface area contributed by atoms with Crippen molar-refractivity contribution in [3.05, 3.63) is 28.8 Å². The second kappa shape index (κ2) is 4.33. The van der Waals surface area contributed by atoms with Crippen molar-refractivity contribution >= 4 is 17.3 Å². The molecule has 2 rings (SSSR count). The summed E-state index contributed by atoms with van der Waals surface area (Å²) < 4.78 is 31.2. The monoisotopic (exact) mass is 233 g/mol. The maximum atomic E-state index is 13.3. The highest BCUT2D eigenvalue weighted by atomic mass is 35.5. The molecule has 0 aromatic heterocycles. The van der Waals surface area contributed by atoms with Gasteiger partial charge in [-0.1, -0.05) is 11.6 Å². The first-order chi connectivity index (χ1) is 7.16. The Hall–Kier alpha value is -0.870. The third kappa shape index (κ3) is 2.38. The van der Waals surface area contributed by atoms with Crippen LogP contribution in [0.2, 0.25) is 5.02 Å². The summed E-state index contributed by atoms with van der Waals surface area (Å²) in [6.07, 6.45) is 0.799. The van der Waals surface area contributed by atoms with Crippen molar-refractivity contribution in [2.24, 2.45) is 0 Å². The molecule has 1 aliphatic heterocycles. The van der Waals surface area contributed by atoms with Crippen LogP contribution in [0.25, 0.3) is 0 Å². The van der Waals surface area contributed by atoms with Crippen molar-refractivity contribution in [2.45, 2.75) is 12.5 Å². The predicted octanol–water partition coefficient (Wildman–Crippen LogP) is 2.82. The maximum Gasteiger partial charge on any atom is 0.150 e. The molecule has 0 aliphatic carbocycles. The quantitative estimate of drug-likeness (QED) is 0.848. The van der Waals surface area contributed by atoms with Crippen LogP contribution in [0.4, 0.5) is 14.5 Å². The molecule has 1 fully saturated rings. The summed E-state index contributed by atoms with van der Waals surface area (Å²) in [5, 5.41) is 2.96. The number of ether oxygens (including phenoxy) is 1. The molecule has 0 spiro atoms. The van der Waals surface area contributed by atoms with Gasteiger partial charge in [0, 0.05) is 12.7 Å². The molecule has 1 aromatic carbocycles. The highest BCUT2D eigenvalue weighted by Gasteiger charge is 2.18. The molecule has 5 heteroatoms. The van der Waals surface area contributed by atoms with Gasteiger partial charge in [-0.05, 0) is 12.5 Å². The van der Waals surface area contributed by atoms with Gasteiger partial charge >= 0.3 is 0 Å². The molecule has 1 aromatic rings. The minimum Gasteiger partial charge on any atom is -0.379 e. The van der Waals surface area contributed by atoms with Gasteiger partial charge in [0.2, 0.25) is 0 Å². The van der Waals surface area contributed by atoms with Gasteiger partial charge in [-0.2, -0.15) is 0 Å². The molecule has 1 saturated heterocycles. The lowest BCUT2D eigenvalue weighted by molar-refractivity contribution is 0.195. The lowest BCUT2D eigenvalue weighted by Crippen LogP contribution is -2.20. The number of nitrogens with one attached hydrogen (secondary N) is 1. The summed E-state index contributed by atoms with van der Waals surface area (Å²) in [4.78, 5) is 0. The fraction of sp³-hybridized carbons (Fsp3) is 0.400. The fourth-order valence-corrected chi connectivity index (χ4v) is 1.78. The van der Waals surface area contributed by atoms with E-state index in [9.17, 15) is 8.78 Å². The molecule has 2 nitrogen and oxygen atoms in total. The second-order valence-corrected chi connectivity index (χ2v) is 3.86. The summed E-state index contributed by atoms with van der Waals surface area (Å²) in [6, 6.07) is 1.94. The van der Waals surface area contributed by atoms with E-state index in [0.29, 0.717) is 13.2 Å². The number of halogens is 3. The van der Waals surface area contributed by atoms with Gasteiger partial charge in [-0.3, -0.25) is 0 Å². The van der Waals surface area contributed by atoms with Gasteiger partial charge in [0.25, 0.3) is 0 Å². The average Bonchev–Trinajstić information content (AvgIpc) is 2.63. The van der Waals surface area contributed by atoms with Crippen molar-refractivity contribution in [2.75, 3.05) is 18.5 Å². The Morgan fingerprint density at radius 2 is 2.20 bits per heavy atom. The van der Waals surface area contributed by atoms with Crippen LogP contribution in [0.5, 0.6) is 0 Å². The Kier molecular flexibility index (Phi) is 3.07. The maximum absolute atomic E-state index is 13.3. The Morgan fingerprint density at radius 3 is 2.80 bits per heavy atom. The van der Waals surface area contributed by atoms with Crippen LogP contribution >= 0.6 is 11.6 Å². The van der Waals surface area contributed by atoms with Crippen LogP contribution in [0.3, 0.4) is 0 Å². The first-order valence-corrected chi connectivity index (χ1v) is 5.03. The fourth-order valence-electron chi connectivity index (χ4n) is 1.53. The number of hydrogen-bond acceptors (Lipinski definition) is 2. The zero-order valence-corrected chi connectivity index (χ0v) is 8.65. The third-order valence-electron chi connectivity index (χ3n) is 2.29. The zero-order chi connectivity index (χ0) is 10.8. The number of benzene rings is 1. The van der Waals surface area contributed by atoms with Crippen molar-refractivity contribution < 1.29 is 13.5 Å². The minimum atomic E-state index is -0.675. The summed E-state index contributed by atoms with van der Waals surface area (Å²) in [7, 11) is 0. The van der Waals surface area contributed by atoms with E-state index in [-0.39, 0.29) is 16.8 Å². The number of rotatable bonds is 2. The van der Waals surface area contributed by atoms with E-state index in [1.165, 1.54) is 0 Å². The van der Waals surface area contributed by atoms with E-state index in [0.717, 1.165) is 18.6 Å². The van der Waals surface area contributed by atoms with Crippen molar-refractivity contribution in [3.63, 3.8) is 0 Å². The lowest BCUT2D eigenvalue weighted by atomic mass is 10.2. The number of hydrogen-bond donors (Lipinski definition) is 1. The second-order valence-electron chi connectivity index (χ2n) is 3.45. The molecular formula is C10H10ClF2NO. The molecule has 15 heavy (non-hydrogen) atoms. The van der Waals surface area contributed by atoms with Gasteiger partial charge in [-0.25, -0.2) is 8.78 Å². The summed E-state index contributed by atoms with van der Waals surface area (Å²) in [6.45, 7) is 1.17. The molecule has 0 saturated carbocycles. The molecule has 1 unspecified atom stereocenters. The van der Waals surface area contributed by atoms with Gasteiger partial charge in [0.05, 0.1) is 23.4 Å². The van der Waals surface area contributed by atoms with Gasteiger partial charge in [0.15, 0.2) is 5.82 Å². The van der Waals surface area contributed by atoms with Crippen LogP contribution in [-0.4, -0.2) is 19.3 Å². The van der Waals surface area contributed by atoms with E-state index in [1.54, 1.807) is 0 Å². The SMILES string of the molecule is Fc1cc(F)c(NC2CCOC2)c(Cl)c1. The normalized spacial score (nSPS) is 20.6. The average molecular weight is 234 g/mol. The van der Waals surface area contributed by atoms with E-state index in [4.69, 9.17) is 16.3 Å². The van der Waals surface area contributed by atoms with E-state index >= 15 is 0 Å². The van der Waals surface area contributed by atoms with Gasteiger partial charge < -0.3 is 10.1 Å². The number of anilines is 1. The largest absolute Gasteiger partial charge is 0.379 e. The molecule has 82 valence electrons. The molecule has 0 bridgehead atoms. The van der Waals surface area contributed by atoms with E-state index < -0.39 is 11.6 Å². The minimum absolute atomic E-state index is 0.0439. The van der Waals surface area contributed by atoms with Crippen molar-refractivity contribution in [3.8, 4) is 0 Å². The lowest BCUT2D eigenvalue weighted by Gasteiger charge is -2.14. The smallest absolute Gasteiger partial charge is 0.150 e. The first-order valence-electron chi connectivity index (χ1n) is 4.65. The standard InChI is InChI=1S/C10H10ClF2NO/c11-8-3-6(12)4-9(13)10(8)14-7-1-2-15-5-7/h3-4,7,14H,1-2,5H2.